The van der Waals surface area contributed by atoms with E-state index in [-0.39, 0.29) is 0 Å². The summed E-state index contributed by atoms with van der Waals surface area (Å²) in [6.07, 6.45) is 5.82. The number of para-hydroxylation sites is 1. The van der Waals surface area contributed by atoms with Crippen molar-refractivity contribution in [1.82, 2.24) is 9.66 Å². The van der Waals surface area contributed by atoms with Gasteiger partial charge in [0, 0.05) is 31.3 Å². The molecular weight excluding hydrogens is 214 g/mol. The first-order chi connectivity index (χ1) is 8.28. The molecule has 0 radical (unpaired) electrons. The molecule has 1 aromatic carbocycles. The van der Waals surface area contributed by atoms with E-state index in [1.54, 1.807) is 6.20 Å². The van der Waals surface area contributed by atoms with Crippen LogP contribution < -0.4 is 4.76 Å². The Balaban J connectivity index is 1.89. The Hall–Kier alpha value is -1.65. The zero-order valence-electron chi connectivity index (χ0n) is 9.62. The fourth-order valence-electron chi connectivity index (χ4n) is 2.29. The molecule has 0 aromatic heterocycles. The summed E-state index contributed by atoms with van der Waals surface area (Å²) < 4.78 is -0.716. The van der Waals surface area contributed by atoms with E-state index in [0.717, 1.165) is 18.9 Å². The predicted molar refractivity (Wildman–Crippen MR) is 69.0 cm³/mol. The van der Waals surface area contributed by atoms with Crippen molar-refractivity contribution >= 4 is 11.5 Å². The molecule has 2 aliphatic rings. The molecule has 1 atom stereocenters. The molecule has 0 spiro atoms. The summed E-state index contributed by atoms with van der Waals surface area (Å²) in [4.78, 5) is 2.18. The first-order valence-electron chi connectivity index (χ1n) is 5.98. The lowest BCUT2D eigenvalue weighted by molar-refractivity contribution is 0.489. The molecule has 0 bridgehead atoms. The predicted octanol–water partition coefficient (Wildman–Crippen LogP) is 2.43. The van der Waals surface area contributed by atoms with Gasteiger partial charge in [-0.2, -0.15) is 4.76 Å². The van der Waals surface area contributed by atoms with Crippen LogP contribution in [-0.4, -0.2) is 23.8 Å². The smallest absolute Gasteiger partial charge is 0.191 e. The second-order valence-electron chi connectivity index (χ2n) is 4.43. The van der Waals surface area contributed by atoms with Gasteiger partial charge < -0.3 is 10.1 Å². The number of hydroxylamine groups is 1. The highest BCUT2D eigenvalue weighted by Crippen LogP contribution is 2.27. The topological polar surface area (TPSA) is 38.7 Å². The minimum Gasteiger partial charge on any atom is -0.595 e. The van der Waals surface area contributed by atoms with Crippen LogP contribution in [0, 0.1) is 5.21 Å². The third kappa shape index (κ3) is 1.85. The first-order valence-corrected chi connectivity index (χ1v) is 5.98. The molecule has 0 N–H and O–H groups in total. The van der Waals surface area contributed by atoms with Crippen LogP contribution >= 0.6 is 0 Å². The SMILES string of the molecule is [O-][N@@+]1(c2ccccc2)C=CC(N2CCCC2)=N1. The number of likely N-dealkylation sites (tertiary alicyclic amines) is 1. The van der Waals surface area contributed by atoms with E-state index in [1.807, 2.05) is 36.4 Å². The summed E-state index contributed by atoms with van der Waals surface area (Å²) in [7, 11) is 0. The average Bonchev–Trinajstić information content (AvgIpc) is 3.00. The molecule has 3 rings (SSSR count). The van der Waals surface area contributed by atoms with Crippen LogP contribution in [0.15, 0.2) is 47.7 Å². The molecule has 0 saturated carbocycles. The maximum Gasteiger partial charge on any atom is 0.191 e. The summed E-state index contributed by atoms with van der Waals surface area (Å²) in [5.41, 5.74) is 0.651. The Labute approximate surface area is 101 Å². The molecule has 1 aromatic rings. The molecule has 17 heavy (non-hydrogen) atoms. The fraction of sp³-hybridized carbons (Fsp3) is 0.308. The van der Waals surface area contributed by atoms with Gasteiger partial charge in [-0.1, -0.05) is 23.3 Å². The van der Waals surface area contributed by atoms with Gasteiger partial charge in [-0.25, -0.2) is 0 Å². The highest BCUT2D eigenvalue weighted by atomic mass is 16.6. The molecule has 0 unspecified atom stereocenters. The minimum atomic E-state index is -0.716. The Morgan fingerprint density at radius 2 is 1.82 bits per heavy atom. The fourth-order valence-corrected chi connectivity index (χ4v) is 2.29. The third-order valence-electron chi connectivity index (χ3n) is 3.23. The number of amidine groups is 1. The third-order valence-corrected chi connectivity index (χ3v) is 3.23. The lowest BCUT2D eigenvalue weighted by atomic mass is 10.3. The molecule has 2 aliphatic heterocycles. The van der Waals surface area contributed by atoms with Gasteiger partial charge in [0.2, 0.25) is 0 Å². The first kappa shape index (κ1) is 10.5. The Morgan fingerprint density at radius 1 is 1.12 bits per heavy atom. The van der Waals surface area contributed by atoms with E-state index < -0.39 is 4.76 Å². The molecule has 4 heteroatoms. The number of nitrogens with zero attached hydrogens (tertiary/aromatic N) is 3. The minimum absolute atomic E-state index is 0.651. The van der Waals surface area contributed by atoms with E-state index in [1.165, 1.54) is 12.8 Å². The van der Waals surface area contributed by atoms with Gasteiger partial charge in [0.25, 0.3) is 0 Å². The van der Waals surface area contributed by atoms with E-state index >= 15 is 0 Å². The summed E-state index contributed by atoms with van der Waals surface area (Å²) in [5, 5.41) is 16.8. The van der Waals surface area contributed by atoms with E-state index in [9.17, 15) is 5.21 Å². The van der Waals surface area contributed by atoms with Crippen LogP contribution in [0.5, 0.6) is 0 Å². The van der Waals surface area contributed by atoms with Crippen LogP contribution in [-0.2, 0) is 0 Å². The maximum absolute atomic E-state index is 12.5. The van der Waals surface area contributed by atoms with E-state index in [2.05, 4.69) is 10.0 Å². The lowest BCUT2D eigenvalue weighted by Crippen LogP contribution is -2.31. The average molecular weight is 229 g/mol. The van der Waals surface area contributed by atoms with E-state index in [0.29, 0.717) is 5.69 Å². The zero-order chi connectivity index (χ0) is 11.7. The van der Waals surface area contributed by atoms with Crippen molar-refractivity contribution in [2.45, 2.75) is 12.8 Å². The highest BCUT2D eigenvalue weighted by Gasteiger charge is 2.27. The number of rotatable bonds is 1. The van der Waals surface area contributed by atoms with Crippen molar-refractivity contribution in [3.05, 3.63) is 47.8 Å². The lowest BCUT2D eigenvalue weighted by Gasteiger charge is -2.28. The van der Waals surface area contributed by atoms with Crippen molar-refractivity contribution in [3.63, 3.8) is 0 Å². The van der Waals surface area contributed by atoms with Crippen molar-refractivity contribution in [3.8, 4) is 0 Å². The number of hydrogen-bond acceptors (Lipinski definition) is 3. The van der Waals surface area contributed by atoms with Crippen LogP contribution in [0.1, 0.15) is 12.8 Å². The van der Waals surface area contributed by atoms with Crippen LogP contribution in [0.2, 0.25) is 0 Å². The molecule has 1 fully saturated rings. The van der Waals surface area contributed by atoms with Crippen LogP contribution in [0.25, 0.3) is 0 Å². The maximum atomic E-state index is 12.5. The van der Waals surface area contributed by atoms with Gasteiger partial charge in [-0.15, -0.1) is 0 Å². The summed E-state index contributed by atoms with van der Waals surface area (Å²) in [6.45, 7) is 2.02. The zero-order valence-corrected chi connectivity index (χ0v) is 9.62. The molecular formula is C13H15N3O. The van der Waals surface area contributed by atoms with Crippen LogP contribution in [0.4, 0.5) is 5.69 Å². The van der Waals surface area contributed by atoms with Gasteiger partial charge in [0.05, 0.1) is 0 Å². The van der Waals surface area contributed by atoms with Gasteiger partial charge in [0.15, 0.2) is 11.5 Å². The molecule has 0 aliphatic carbocycles. The Morgan fingerprint density at radius 3 is 2.53 bits per heavy atom. The van der Waals surface area contributed by atoms with Gasteiger partial charge in [0.1, 0.15) is 6.20 Å². The standard InChI is InChI=1S/C13H15N3O/c17-16(12-6-2-1-3-7-12)11-8-13(14-16)15-9-4-5-10-15/h1-3,6-8,11H,4-5,9-10H2/t16-/m1/s1. The quantitative estimate of drug-likeness (QED) is 0.548. The van der Waals surface area contributed by atoms with Crippen molar-refractivity contribution in [2.75, 3.05) is 13.1 Å². The summed E-state index contributed by atoms with van der Waals surface area (Å²) in [6, 6.07) is 9.26. The number of hydrogen-bond donors (Lipinski definition) is 0. The molecule has 2 heterocycles. The second kappa shape index (κ2) is 3.98. The molecule has 4 nitrogen and oxygen atoms in total. The molecule has 1 saturated heterocycles. The Kier molecular flexibility index (Phi) is 2.46. The van der Waals surface area contributed by atoms with Crippen molar-refractivity contribution in [1.29, 1.82) is 0 Å². The monoisotopic (exact) mass is 229 g/mol. The number of quaternary nitrogens is 1. The second-order valence-corrected chi connectivity index (χ2v) is 4.43. The Bertz CT molecular complexity index is 463. The summed E-state index contributed by atoms with van der Waals surface area (Å²) in [5.74, 6) is 0.821. The van der Waals surface area contributed by atoms with Crippen molar-refractivity contribution in [2.24, 2.45) is 5.10 Å². The van der Waals surface area contributed by atoms with Gasteiger partial charge in [-0.3, -0.25) is 0 Å². The van der Waals surface area contributed by atoms with Gasteiger partial charge in [-0.05, 0) is 12.8 Å². The largest absolute Gasteiger partial charge is 0.595 e. The summed E-state index contributed by atoms with van der Waals surface area (Å²) >= 11 is 0. The van der Waals surface area contributed by atoms with E-state index in [4.69, 9.17) is 0 Å². The molecule has 0 amide bonds. The normalized spacial score (nSPS) is 27.6. The van der Waals surface area contributed by atoms with Gasteiger partial charge >= 0.3 is 0 Å². The van der Waals surface area contributed by atoms with Crippen molar-refractivity contribution < 1.29 is 0 Å². The highest BCUT2D eigenvalue weighted by molar-refractivity contribution is 5.95. The number of benzene rings is 1. The van der Waals surface area contributed by atoms with Crippen LogP contribution in [0.3, 0.4) is 0 Å². The molecule has 88 valence electrons.